The summed E-state index contributed by atoms with van der Waals surface area (Å²) < 4.78 is 4.54. The van der Waals surface area contributed by atoms with Gasteiger partial charge in [0.25, 0.3) is 5.91 Å². The van der Waals surface area contributed by atoms with E-state index >= 15 is 0 Å². The van der Waals surface area contributed by atoms with Crippen molar-refractivity contribution in [1.82, 2.24) is 10.5 Å². The third-order valence-corrected chi connectivity index (χ3v) is 1.78. The average molecular weight is 183 g/mol. The molecule has 13 heavy (non-hydrogen) atoms. The number of hydrogen-bond acceptors (Lipinski definition) is 4. The average Bonchev–Trinajstić information content (AvgIpc) is 2.66. The first-order valence-electron chi connectivity index (χ1n) is 4.19. The van der Waals surface area contributed by atoms with Gasteiger partial charge in [-0.1, -0.05) is 12.1 Å². The van der Waals surface area contributed by atoms with Gasteiger partial charge in [-0.3, -0.25) is 4.79 Å². The van der Waals surface area contributed by atoms with Crippen molar-refractivity contribution in [3.05, 3.63) is 18.0 Å². The fourth-order valence-corrected chi connectivity index (χ4v) is 0.917. The van der Waals surface area contributed by atoms with Crippen LogP contribution in [0.4, 0.5) is 0 Å². The first kappa shape index (κ1) is 9.73. The largest absolute Gasteiger partial charge is 0.364 e. The summed E-state index contributed by atoms with van der Waals surface area (Å²) in [5.74, 6) is -0.244. The van der Waals surface area contributed by atoms with Gasteiger partial charge in [0.15, 0.2) is 5.69 Å². The number of nitrogens with one attached hydrogen (secondary N) is 1. The van der Waals surface area contributed by atoms with Crippen LogP contribution in [0.3, 0.4) is 0 Å². The van der Waals surface area contributed by atoms with Gasteiger partial charge in [-0.15, -0.1) is 0 Å². The van der Waals surface area contributed by atoms with Crippen LogP contribution < -0.4 is 11.1 Å². The van der Waals surface area contributed by atoms with Crippen LogP contribution in [0, 0.1) is 0 Å². The SMILES string of the molecule is CCC(CN)NC(=O)c1ccon1. The minimum absolute atomic E-state index is 0.00389. The molecule has 0 aliphatic heterocycles. The molecule has 72 valence electrons. The van der Waals surface area contributed by atoms with Gasteiger partial charge in [-0.05, 0) is 6.42 Å². The number of nitrogens with two attached hydrogens (primary N) is 1. The van der Waals surface area contributed by atoms with Gasteiger partial charge < -0.3 is 15.6 Å². The predicted octanol–water partition coefficient (Wildman–Crippen LogP) is 0.142. The van der Waals surface area contributed by atoms with Crippen LogP contribution in [0.2, 0.25) is 0 Å². The van der Waals surface area contributed by atoms with Crippen LogP contribution in [-0.4, -0.2) is 23.7 Å². The van der Waals surface area contributed by atoms with E-state index in [0.29, 0.717) is 6.54 Å². The lowest BCUT2D eigenvalue weighted by Gasteiger charge is -2.12. The van der Waals surface area contributed by atoms with Gasteiger partial charge in [0.1, 0.15) is 6.26 Å². The quantitative estimate of drug-likeness (QED) is 0.695. The van der Waals surface area contributed by atoms with Gasteiger partial charge in [0.05, 0.1) is 0 Å². The smallest absolute Gasteiger partial charge is 0.273 e. The second-order valence-corrected chi connectivity index (χ2v) is 2.70. The Morgan fingerprint density at radius 3 is 3.08 bits per heavy atom. The molecule has 5 nitrogen and oxygen atoms in total. The second kappa shape index (κ2) is 4.61. The minimum Gasteiger partial charge on any atom is -0.364 e. The molecule has 3 N–H and O–H groups in total. The van der Waals surface area contributed by atoms with Crippen molar-refractivity contribution in [3.63, 3.8) is 0 Å². The van der Waals surface area contributed by atoms with E-state index in [9.17, 15) is 4.79 Å². The molecule has 0 aromatic carbocycles. The number of amides is 1. The Bertz CT molecular complexity index is 254. The van der Waals surface area contributed by atoms with Crippen LogP contribution in [0.25, 0.3) is 0 Å². The minimum atomic E-state index is -0.244. The van der Waals surface area contributed by atoms with E-state index in [0.717, 1.165) is 6.42 Å². The summed E-state index contributed by atoms with van der Waals surface area (Å²) in [4.78, 5) is 11.3. The first-order chi connectivity index (χ1) is 6.27. The standard InChI is InChI=1S/C8H13N3O2/c1-2-6(5-9)10-8(12)7-3-4-13-11-7/h3-4,6H,2,5,9H2,1H3,(H,10,12). The number of aromatic nitrogens is 1. The number of hydrogen-bond donors (Lipinski definition) is 2. The van der Waals surface area contributed by atoms with Gasteiger partial charge in [0.2, 0.25) is 0 Å². The van der Waals surface area contributed by atoms with Crippen LogP contribution >= 0.6 is 0 Å². The third-order valence-electron chi connectivity index (χ3n) is 1.78. The van der Waals surface area contributed by atoms with Crippen molar-refractivity contribution < 1.29 is 9.32 Å². The summed E-state index contributed by atoms with van der Waals surface area (Å²) in [6.45, 7) is 2.39. The Morgan fingerprint density at radius 1 is 1.85 bits per heavy atom. The molecule has 1 atom stereocenters. The molecule has 0 aliphatic carbocycles. The van der Waals surface area contributed by atoms with Gasteiger partial charge in [-0.2, -0.15) is 0 Å². The molecule has 1 aromatic heterocycles. The van der Waals surface area contributed by atoms with Crippen molar-refractivity contribution in [1.29, 1.82) is 0 Å². The van der Waals surface area contributed by atoms with E-state index in [2.05, 4.69) is 15.0 Å². The third kappa shape index (κ3) is 2.55. The van der Waals surface area contributed by atoms with Crippen LogP contribution in [0.15, 0.2) is 16.9 Å². The zero-order chi connectivity index (χ0) is 9.68. The molecule has 0 radical (unpaired) electrons. The fourth-order valence-electron chi connectivity index (χ4n) is 0.917. The number of carbonyl (C=O) groups excluding carboxylic acids is 1. The Labute approximate surface area is 76.3 Å². The summed E-state index contributed by atoms with van der Waals surface area (Å²) in [5, 5.41) is 6.24. The van der Waals surface area contributed by atoms with E-state index in [4.69, 9.17) is 5.73 Å². The highest BCUT2D eigenvalue weighted by molar-refractivity contribution is 5.92. The first-order valence-corrected chi connectivity index (χ1v) is 4.19. The lowest BCUT2D eigenvalue weighted by molar-refractivity contribution is 0.0928. The second-order valence-electron chi connectivity index (χ2n) is 2.70. The monoisotopic (exact) mass is 183 g/mol. The molecule has 1 amide bonds. The maximum Gasteiger partial charge on any atom is 0.273 e. The Balaban J connectivity index is 2.50. The van der Waals surface area contributed by atoms with E-state index < -0.39 is 0 Å². The zero-order valence-electron chi connectivity index (χ0n) is 7.49. The predicted molar refractivity (Wildman–Crippen MR) is 47.1 cm³/mol. The van der Waals surface area contributed by atoms with Crippen molar-refractivity contribution in [2.75, 3.05) is 6.54 Å². The fraction of sp³-hybridized carbons (Fsp3) is 0.500. The maximum absolute atomic E-state index is 11.3. The lowest BCUT2D eigenvalue weighted by atomic mass is 10.2. The number of nitrogens with zero attached hydrogens (tertiary/aromatic N) is 1. The molecule has 1 unspecified atom stereocenters. The van der Waals surface area contributed by atoms with Crippen molar-refractivity contribution in [2.45, 2.75) is 19.4 Å². The van der Waals surface area contributed by atoms with Gasteiger partial charge >= 0.3 is 0 Å². The van der Waals surface area contributed by atoms with Crippen molar-refractivity contribution >= 4 is 5.91 Å². The highest BCUT2D eigenvalue weighted by Gasteiger charge is 2.12. The van der Waals surface area contributed by atoms with Crippen molar-refractivity contribution in [3.8, 4) is 0 Å². The highest BCUT2D eigenvalue weighted by atomic mass is 16.5. The van der Waals surface area contributed by atoms with E-state index in [1.165, 1.54) is 12.3 Å². The molecule has 1 aromatic rings. The molecule has 0 saturated heterocycles. The molecule has 0 bridgehead atoms. The Morgan fingerprint density at radius 2 is 2.62 bits per heavy atom. The molecular formula is C8H13N3O2. The Hall–Kier alpha value is -1.36. The molecule has 0 aliphatic rings. The molecular weight excluding hydrogens is 170 g/mol. The van der Waals surface area contributed by atoms with Crippen molar-refractivity contribution in [2.24, 2.45) is 5.73 Å². The summed E-state index contributed by atoms with van der Waals surface area (Å²) in [6, 6.07) is 1.52. The van der Waals surface area contributed by atoms with Crippen LogP contribution in [-0.2, 0) is 0 Å². The normalized spacial score (nSPS) is 12.5. The summed E-state index contributed by atoms with van der Waals surface area (Å²) in [5.41, 5.74) is 5.71. The van der Waals surface area contributed by atoms with Crippen LogP contribution in [0.5, 0.6) is 0 Å². The molecule has 1 heterocycles. The van der Waals surface area contributed by atoms with E-state index in [1.54, 1.807) is 0 Å². The van der Waals surface area contributed by atoms with Gasteiger partial charge in [0, 0.05) is 18.7 Å². The molecule has 0 spiro atoms. The molecule has 1 rings (SSSR count). The van der Waals surface area contributed by atoms with E-state index in [1.807, 2.05) is 6.92 Å². The molecule has 0 fully saturated rings. The summed E-state index contributed by atoms with van der Waals surface area (Å²) >= 11 is 0. The highest BCUT2D eigenvalue weighted by Crippen LogP contribution is 1.96. The summed E-state index contributed by atoms with van der Waals surface area (Å²) in [7, 11) is 0. The number of rotatable bonds is 4. The summed E-state index contributed by atoms with van der Waals surface area (Å²) in [6.07, 6.45) is 2.17. The van der Waals surface area contributed by atoms with Gasteiger partial charge in [-0.25, -0.2) is 0 Å². The Kier molecular flexibility index (Phi) is 3.45. The lowest BCUT2D eigenvalue weighted by Crippen LogP contribution is -2.39. The molecule has 5 heteroatoms. The topological polar surface area (TPSA) is 81.1 Å². The molecule has 0 saturated carbocycles. The number of carbonyl (C=O) groups is 1. The van der Waals surface area contributed by atoms with Crippen LogP contribution in [0.1, 0.15) is 23.8 Å². The maximum atomic E-state index is 11.3. The van der Waals surface area contributed by atoms with E-state index in [-0.39, 0.29) is 17.6 Å². The zero-order valence-corrected chi connectivity index (χ0v) is 7.49.